The molecule has 0 spiro atoms. The summed E-state index contributed by atoms with van der Waals surface area (Å²) >= 11 is 0. The highest BCUT2D eigenvalue weighted by molar-refractivity contribution is 5.66. The Labute approximate surface area is 125 Å². The molecule has 0 fully saturated rings. The molecule has 116 valence electrons. The van der Waals surface area contributed by atoms with Crippen LogP contribution in [0.5, 0.6) is 0 Å². The Hall–Kier alpha value is -1.05. The number of carboxylic acids is 1. The van der Waals surface area contributed by atoms with Crippen LogP contribution in [0.25, 0.3) is 0 Å². The lowest BCUT2D eigenvalue weighted by Crippen LogP contribution is -1.93. The molecule has 0 unspecified atom stereocenters. The zero-order chi connectivity index (χ0) is 14.9. The lowest BCUT2D eigenvalue weighted by molar-refractivity contribution is -0.137. The Morgan fingerprint density at radius 3 is 1.90 bits per heavy atom. The minimum Gasteiger partial charge on any atom is -0.481 e. The molecule has 0 aliphatic heterocycles. The van der Waals surface area contributed by atoms with Crippen LogP contribution in [0.15, 0.2) is 24.3 Å². The van der Waals surface area contributed by atoms with Crippen molar-refractivity contribution in [2.45, 2.75) is 84.0 Å². The Morgan fingerprint density at radius 1 is 0.800 bits per heavy atom. The molecular weight excluding hydrogens is 248 g/mol. The van der Waals surface area contributed by atoms with Crippen LogP contribution in [0, 0.1) is 0 Å². The number of carbonyl (C=O) groups is 1. The molecule has 2 nitrogen and oxygen atoms in total. The molecule has 20 heavy (non-hydrogen) atoms. The minimum absolute atomic E-state index is 0.310. The topological polar surface area (TPSA) is 37.3 Å². The van der Waals surface area contributed by atoms with Gasteiger partial charge in [0, 0.05) is 6.42 Å². The fourth-order valence-corrected chi connectivity index (χ4v) is 2.09. The van der Waals surface area contributed by atoms with Gasteiger partial charge in [-0.3, -0.25) is 4.79 Å². The first-order valence-electron chi connectivity index (χ1n) is 8.29. The molecule has 0 bridgehead atoms. The third kappa shape index (κ3) is 16.9. The fourth-order valence-electron chi connectivity index (χ4n) is 2.09. The molecule has 0 saturated carbocycles. The van der Waals surface area contributed by atoms with Crippen LogP contribution >= 0.6 is 0 Å². The van der Waals surface area contributed by atoms with Gasteiger partial charge in [-0.1, -0.05) is 63.3 Å². The number of hydrogen-bond acceptors (Lipinski definition) is 1. The van der Waals surface area contributed by atoms with E-state index in [0.29, 0.717) is 6.42 Å². The molecule has 0 amide bonds. The van der Waals surface area contributed by atoms with Crippen molar-refractivity contribution >= 4 is 5.97 Å². The number of hydrogen-bond donors (Lipinski definition) is 1. The zero-order valence-corrected chi connectivity index (χ0v) is 13.2. The smallest absolute Gasteiger partial charge is 0.303 e. The van der Waals surface area contributed by atoms with Crippen LogP contribution in [0.1, 0.15) is 84.0 Å². The molecule has 0 saturated heterocycles. The van der Waals surface area contributed by atoms with E-state index in [0.717, 1.165) is 32.1 Å². The Kier molecular flexibility index (Phi) is 15.2. The highest BCUT2D eigenvalue weighted by Crippen LogP contribution is 2.06. The van der Waals surface area contributed by atoms with Crippen LogP contribution in [0.4, 0.5) is 0 Å². The molecule has 1 N–H and O–H groups in total. The van der Waals surface area contributed by atoms with Crippen molar-refractivity contribution < 1.29 is 9.90 Å². The largest absolute Gasteiger partial charge is 0.481 e. The van der Waals surface area contributed by atoms with Crippen LogP contribution in [-0.2, 0) is 4.79 Å². The van der Waals surface area contributed by atoms with E-state index in [9.17, 15) is 4.79 Å². The van der Waals surface area contributed by atoms with Crippen molar-refractivity contribution in [3.05, 3.63) is 24.3 Å². The summed E-state index contributed by atoms with van der Waals surface area (Å²) in [7, 11) is 0. The summed E-state index contributed by atoms with van der Waals surface area (Å²) in [5.74, 6) is -0.680. The van der Waals surface area contributed by atoms with E-state index in [-0.39, 0.29) is 0 Å². The molecule has 0 rings (SSSR count). The summed E-state index contributed by atoms with van der Waals surface area (Å²) in [5.41, 5.74) is 0. The predicted molar refractivity (Wildman–Crippen MR) is 87.0 cm³/mol. The summed E-state index contributed by atoms with van der Waals surface area (Å²) in [6.07, 6.45) is 22.3. The van der Waals surface area contributed by atoms with Crippen molar-refractivity contribution in [2.75, 3.05) is 0 Å². The van der Waals surface area contributed by atoms with E-state index < -0.39 is 5.97 Å². The summed E-state index contributed by atoms with van der Waals surface area (Å²) < 4.78 is 0. The summed E-state index contributed by atoms with van der Waals surface area (Å²) in [6, 6.07) is 0. The molecule has 0 aliphatic rings. The van der Waals surface area contributed by atoms with Gasteiger partial charge in [0.15, 0.2) is 0 Å². The molecule has 2 heteroatoms. The first-order chi connectivity index (χ1) is 9.77. The summed E-state index contributed by atoms with van der Waals surface area (Å²) in [5, 5.41) is 8.50. The number of allylic oxidation sites excluding steroid dienone is 4. The lowest BCUT2D eigenvalue weighted by atomic mass is 10.1. The molecule has 0 aliphatic carbocycles. The number of unbranched alkanes of at least 4 members (excludes halogenated alkanes) is 8. The summed E-state index contributed by atoms with van der Waals surface area (Å²) in [6.45, 7) is 2.25. The first-order valence-corrected chi connectivity index (χ1v) is 8.29. The molecule has 0 heterocycles. The van der Waals surface area contributed by atoms with Crippen molar-refractivity contribution in [3.63, 3.8) is 0 Å². The van der Waals surface area contributed by atoms with Gasteiger partial charge in [0.05, 0.1) is 0 Å². The Bertz CT molecular complexity index is 267. The number of aliphatic carboxylic acids is 1. The molecular formula is C18H32O2. The predicted octanol–water partition coefficient (Wildman–Crippen LogP) is 5.88. The van der Waals surface area contributed by atoms with Gasteiger partial charge in [-0.25, -0.2) is 0 Å². The monoisotopic (exact) mass is 280 g/mol. The quantitative estimate of drug-likeness (QED) is 0.318. The SMILES string of the molecule is CCCCCCC/C=C/C/C=C/CCCCCC(=O)O. The Morgan fingerprint density at radius 2 is 1.35 bits per heavy atom. The van der Waals surface area contributed by atoms with E-state index in [1.54, 1.807) is 0 Å². The van der Waals surface area contributed by atoms with Crippen LogP contribution in [0.2, 0.25) is 0 Å². The zero-order valence-electron chi connectivity index (χ0n) is 13.2. The third-order valence-corrected chi connectivity index (χ3v) is 3.34. The molecule has 0 atom stereocenters. The fraction of sp³-hybridized carbons (Fsp3) is 0.722. The maximum Gasteiger partial charge on any atom is 0.303 e. The molecule has 0 aromatic heterocycles. The minimum atomic E-state index is -0.680. The maximum absolute atomic E-state index is 10.3. The van der Waals surface area contributed by atoms with Gasteiger partial charge in [0.2, 0.25) is 0 Å². The van der Waals surface area contributed by atoms with Crippen LogP contribution < -0.4 is 0 Å². The van der Waals surface area contributed by atoms with Gasteiger partial charge in [0.25, 0.3) is 0 Å². The number of carboxylic acid groups (broad SMARTS) is 1. The second-order valence-corrected chi connectivity index (χ2v) is 5.37. The van der Waals surface area contributed by atoms with Crippen molar-refractivity contribution in [3.8, 4) is 0 Å². The van der Waals surface area contributed by atoms with E-state index in [1.165, 1.54) is 38.5 Å². The van der Waals surface area contributed by atoms with Crippen LogP contribution in [0.3, 0.4) is 0 Å². The van der Waals surface area contributed by atoms with Crippen LogP contribution in [-0.4, -0.2) is 11.1 Å². The van der Waals surface area contributed by atoms with Gasteiger partial charge in [-0.15, -0.1) is 0 Å². The van der Waals surface area contributed by atoms with E-state index >= 15 is 0 Å². The van der Waals surface area contributed by atoms with E-state index in [4.69, 9.17) is 5.11 Å². The molecule has 0 aromatic carbocycles. The molecule has 0 radical (unpaired) electrons. The lowest BCUT2D eigenvalue weighted by Gasteiger charge is -1.96. The maximum atomic E-state index is 10.3. The van der Waals surface area contributed by atoms with Crippen molar-refractivity contribution in [1.29, 1.82) is 0 Å². The summed E-state index contributed by atoms with van der Waals surface area (Å²) in [4.78, 5) is 10.3. The van der Waals surface area contributed by atoms with Gasteiger partial charge in [-0.05, 0) is 38.5 Å². The Balaban J connectivity index is 3.20. The van der Waals surface area contributed by atoms with Gasteiger partial charge in [-0.2, -0.15) is 0 Å². The first kappa shape index (κ1) is 18.9. The third-order valence-electron chi connectivity index (χ3n) is 3.34. The average molecular weight is 280 g/mol. The number of rotatable bonds is 14. The van der Waals surface area contributed by atoms with Crippen molar-refractivity contribution in [1.82, 2.24) is 0 Å². The second kappa shape index (κ2) is 16.0. The second-order valence-electron chi connectivity index (χ2n) is 5.37. The van der Waals surface area contributed by atoms with Gasteiger partial charge >= 0.3 is 5.97 Å². The van der Waals surface area contributed by atoms with Gasteiger partial charge < -0.3 is 5.11 Å². The highest BCUT2D eigenvalue weighted by Gasteiger charge is 1.94. The highest BCUT2D eigenvalue weighted by atomic mass is 16.4. The van der Waals surface area contributed by atoms with E-state index in [1.807, 2.05) is 0 Å². The standard InChI is InChI=1S/C18H32O2/c1-2-3-4-5-6-7-8-9-10-11-12-13-14-15-16-17-18(19)20/h8-9,11-12H,2-7,10,13-17H2,1H3,(H,19,20)/b9-8+,12-11+. The van der Waals surface area contributed by atoms with E-state index in [2.05, 4.69) is 31.2 Å². The normalized spacial score (nSPS) is 11.7. The molecule has 0 aromatic rings. The van der Waals surface area contributed by atoms with Gasteiger partial charge in [0.1, 0.15) is 0 Å². The average Bonchev–Trinajstić information content (AvgIpc) is 2.43. The van der Waals surface area contributed by atoms with Crippen molar-refractivity contribution in [2.24, 2.45) is 0 Å².